The summed E-state index contributed by atoms with van der Waals surface area (Å²) in [6.07, 6.45) is 0. The zero-order valence-corrected chi connectivity index (χ0v) is 19.9. The fourth-order valence-electron chi connectivity index (χ4n) is 5.31. The fourth-order valence-corrected chi connectivity index (χ4v) is 5.31. The molecule has 0 bridgehead atoms. The average molecular weight is 496 g/mol. The van der Waals surface area contributed by atoms with E-state index in [0.717, 1.165) is 27.5 Å². The lowest BCUT2D eigenvalue weighted by molar-refractivity contribution is 1.15. The van der Waals surface area contributed by atoms with E-state index in [1.807, 2.05) is 65.2 Å². The number of hydrogen-bond donors (Lipinski definition) is 0. The smallest absolute Gasteiger partial charge is 0.0645 e. The molecule has 0 amide bonds. The third-order valence-electron chi connectivity index (χ3n) is 6.96. The van der Waals surface area contributed by atoms with E-state index >= 15 is 0 Å². The Labute approximate surface area is 236 Å². The number of benzene rings is 6. The third-order valence-corrected chi connectivity index (χ3v) is 6.96. The molecule has 0 saturated carbocycles. The summed E-state index contributed by atoms with van der Waals surface area (Å²) < 4.78 is 97.0. The van der Waals surface area contributed by atoms with Gasteiger partial charge in [-0.1, -0.05) is 103 Å². The summed E-state index contributed by atoms with van der Waals surface area (Å²) in [5.41, 5.74) is 4.02. The van der Waals surface area contributed by atoms with Gasteiger partial charge in [0.05, 0.1) is 37.1 Å². The Morgan fingerprint density at radius 1 is 0.395 bits per heavy atom. The highest BCUT2D eigenvalue weighted by molar-refractivity contribution is 6.12. The van der Waals surface area contributed by atoms with Gasteiger partial charge in [0.25, 0.3) is 0 Å². The predicted octanol–water partition coefficient (Wildman–Crippen LogP) is 9.55. The maximum absolute atomic E-state index is 8.89. The second-order valence-corrected chi connectivity index (χ2v) is 9.00. The molecule has 0 aliphatic carbocycles. The SMILES string of the molecule is [2H]c1cc([2H])c(-c2ccc(-n3c4ccccc4c4ccc(-n5c6c([2H])c([2H])c([2H])c([2H])c6c6c([2H])c([2H])c([2H])c([2H])c65)cc43)cc2)c([2H])c1. The monoisotopic (exact) mass is 495 g/mol. The van der Waals surface area contributed by atoms with Crippen LogP contribution in [0.2, 0.25) is 0 Å². The Balaban J connectivity index is 1.45. The summed E-state index contributed by atoms with van der Waals surface area (Å²) in [4.78, 5) is 0. The van der Waals surface area contributed by atoms with Crippen LogP contribution >= 0.6 is 0 Å². The number of fused-ring (bicyclic) bond motifs is 6. The highest BCUT2D eigenvalue weighted by Crippen LogP contribution is 2.37. The molecule has 38 heavy (non-hydrogen) atoms. The van der Waals surface area contributed by atoms with Crippen molar-refractivity contribution >= 4 is 43.6 Å². The first kappa shape index (κ1) is 12.9. The van der Waals surface area contributed by atoms with Crippen LogP contribution in [0.1, 0.15) is 15.1 Å². The van der Waals surface area contributed by atoms with Gasteiger partial charge in [-0.3, -0.25) is 0 Å². The molecular formula is C36H24N2. The number of nitrogens with zero attached hydrogens (tertiary/aromatic N) is 2. The maximum Gasteiger partial charge on any atom is 0.0645 e. The van der Waals surface area contributed by atoms with Crippen LogP contribution in [-0.2, 0) is 0 Å². The topological polar surface area (TPSA) is 9.86 Å². The molecule has 0 spiro atoms. The average Bonchev–Trinajstić information content (AvgIpc) is 3.61. The summed E-state index contributed by atoms with van der Waals surface area (Å²) in [6.45, 7) is 0. The molecule has 2 heterocycles. The Morgan fingerprint density at radius 2 is 1.00 bits per heavy atom. The van der Waals surface area contributed by atoms with Crippen LogP contribution in [0.4, 0.5) is 0 Å². The van der Waals surface area contributed by atoms with Gasteiger partial charge in [-0.25, -0.2) is 0 Å². The van der Waals surface area contributed by atoms with Crippen molar-refractivity contribution in [2.45, 2.75) is 0 Å². The first-order valence-electron chi connectivity index (χ1n) is 17.6. The van der Waals surface area contributed by atoms with E-state index in [-0.39, 0.29) is 64.1 Å². The highest BCUT2D eigenvalue weighted by Gasteiger charge is 2.16. The van der Waals surface area contributed by atoms with Gasteiger partial charge in [0.15, 0.2) is 0 Å². The molecule has 2 nitrogen and oxygen atoms in total. The standard InChI is InChI=1S/C36H24N2/c1-2-10-25(11-3-1)26-18-20-27(21-19-26)37-33-15-7-6-14-31(33)32-23-22-28(24-36(32)37)38-34-16-8-4-12-29(34)30-13-5-9-17-35(30)38/h1-24H/i1D,4D,5D,8D,9D,10D,11D,12D,13D,16D,17D. The predicted molar refractivity (Wildman–Crippen MR) is 161 cm³/mol. The van der Waals surface area contributed by atoms with Crippen molar-refractivity contribution in [2.24, 2.45) is 0 Å². The molecule has 2 heteroatoms. The van der Waals surface area contributed by atoms with Crippen molar-refractivity contribution in [3.8, 4) is 22.5 Å². The number of hydrogen-bond acceptors (Lipinski definition) is 0. The van der Waals surface area contributed by atoms with Crippen LogP contribution in [0.25, 0.3) is 66.1 Å². The zero-order valence-electron chi connectivity index (χ0n) is 30.9. The van der Waals surface area contributed by atoms with E-state index in [1.54, 1.807) is 6.07 Å². The molecule has 0 fully saturated rings. The van der Waals surface area contributed by atoms with Crippen molar-refractivity contribution in [1.82, 2.24) is 9.13 Å². The summed E-state index contributed by atoms with van der Waals surface area (Å²) in [5.74, 6) is 0. The van der Waals surface area contributed by atoms with E-state index in [1.165, 1.54) is 16.7 Å². The lowest BCUT2D eigenvalue weighted by atomic mass is 10.1. The fraction of sp³-hybridized carbons (Fsp3) is 0. The Morgan fingerprint density at radius 3 is 1.74 bits per heavy atom. The quantitative estimate of drug-likeness (QED) is 0.231. The van der Waals surface area contributed by atoms with Gasteiger partial charge in [-0.05, 0) is 53.5 Å². The summed E-state index contributed by atoms with van der Waals surface area (Å²) in [7, 11) is 0. The van der Waals surface area contributed by atoms with Gasteiger partial charge in [0.2, 0.25) is 0 Å². The summed E-state index contributed by atoms with van der Waals surface area (Å²) in [6, 6.07) is 20.5. The molecule has 178 valence electrons. The number of para-hydroxylation sites is 3. The lowest BCUT2D eigenvalue weighted by Gasteiger charge is -2.12. The first-order chi connectivity index (χ1) is 23.4. The molecular weight excluding hydrogens is 460 g/mol. The van der Waals surface area contributed by atoms with E-state index in [4.69, 9.17) is 15.1 Å². The molecule has 0 atom stereocenters. The van der Waals surface area contributed by atoms with E-state index in [2.05, 4.69) is 0 Å². The molecule has 8 aromatic rings. The third kappa shape index (κ3) is 3.07. The van der Waals surface area contributed by atoms with Crippen LogP contribution < -0.4 is 0 Å². The molecule has 8 rings (SSSR count). The van der Waals surface area contributed by atoms with Gasteiger partial charge < -0.3 is 9.13 Å². The van der Waals surface area contributed by atoms with Gasteiger partial charge in [-0.15, -0.1) is 0 Å². The van der Waals surface area contributed by atoms with Crippen molar-refractivity contribution in [3.05, 3.63) is 145 Å². The van der Waals surface area contributed by atoms with Gasteiger partial charge in [0.1, 0.15) is 0 Å². The lowest BCUT2D eigenvalue weighted by Crippen LogP contribution is -1.97. The Kier molecular flexibility index (Phi) is 2.80. The molecule has 0 radical (unpaired) electrons. The molecule has 0 aliphatic heterocycles. The molecule has 0 N–H and O–H groups in total. The van der Waals surface area contributed by atoms with Crippen LogP contribution in [0.15, 0.2) is 145 Å². The van der Waals surface area contributed by atoms with E-state index < -0.39 is 24.2 Å². The minimum atomic E-state index is -0.492. The minimum absolute atomic E-state index is 0.0187. The normalized spacial score (nSPS) is 15.7. The Bertz CT molecular complexity index is 2630. The van der Waals surface area contributed by atoms with Gasteiger partial charge in [-0.2, -0.15) is 0 Å². The largest absolute Gasteiger partial charge is 0.309 e. The zero-order chi connectivity index (χ0) is 34.6. The summed E-state index contributed by atoms with van der Waals surface area (Å²) in [5, 5.41) is 1.88. The Hall–Kier alpha value is -5.08. The van der Waals surface area contributed by atoms with Crippen molar-refractivity contribution in [3.63, 3.8) is 0 Å². The number of rotatable bonds is 3. The highest BCUT2D eigenvalue weighted by atomic mass is 15.0. The van der Waals surface area contributed by atoms with Crippen molar-refractivity contribution in [2.75, 3.05) is 0 Å². The molecule has 0 saturated heterocycles. The first-order valence-corrected chi connectivity index (χ1v) is 12.1. The molecule has 6 aromatic carbocycles. The van der Waals surface area contributed by atoms with Crippen LogP contribution in [0.3, 0.4) is 0 Å². The molecule has 0 unspecified atom stereocenters. The van der Waals surface area contributed by atoms with E-state index in [0.29, 0.717) is 16.8 Å². The van der Waals surface area contributed by atoms with Crippen molar-refractivity contribution in [1.29, 1.82) is 0 Å². The minimum Gasteiger partial charge on any atom is -0.309 e. The van der Waals surface area contributed by atoms with E-state index in [9.17, 15) is 0 Å². The van der Waals surface area contributed by atoms with Crippen molar-refractivity contribution < 1.29 is 15.1 Å². The maximum atomic E-state index is 8.89. The van der Waals surface area contributed by atoms with Crippen LogP contribution in [-0.4, -0.2) is 9.13 Å². The van der Waals surface area contributed by atoms with Crippen LogP contribution in [0, 0.1) is 0 Å². The van der Waals surface area contributed by atoms with Gasteiger partial charge >= 0.3 is 0 Å². The molecule has 2 aromatic heterocycles. The van der Waals surface area contributed by atoms with Gasteiger partial charge in [0, 0.05) is 32.9 Å². The summed E-state index contributed by atoms with van der Waals surface area (Å²) >= 11 is 0. The number of aromatic nitrogens is 2. The van der Waals surface area contributed by atoms with Crippen LogP contribution in [0.5, 0.6) is 0 Å². The second kappa shape index (κ2) is 8.22. The second-order valence-electron chi connectivity index (χ2n) is 9.00. The molecule has 0 aliphatic rings.